The molecule has 0 amide bonds. The van der Waals surface area contributed by atoms with Crippen LogP contribution in [0.2, 0.25) is 5.02 Å². The summed E-state index contributed by atoms with van der Waals surface area (Å²) in [6.45, 7) is 4.68. The average Bonchev–Trinajstić information content (AvgIpc) is 2.82. The Morgan fingerprint density at radius 2 is 2.21 bits per heavy atom. The summed E-state index contributed by atoms with van der Waals surface area (Å²) in [5.74, 6) is -0.0364. The van der Waals surface area contributed by atoms with Crippen LogP contribution in [0.15, 0.2) is 22.6 Å². The van der Waals surface area contributed by atoms with Gasteiger partial charge in [-0.05, 0) is 31.7 Å². The lowest BCUT2D eigenvalue weighted by molar-refractivity contribution is 0.430. The molecule has 0 saturated carbocycles. The molecular formula is C12H14ClFN4O. The zero-order valence-electron chi connectivity index (χ0n) is 10.6. The van der Waals surface area contributed by atoms with Crippen LogP contribution in [-0.4, -0.2) is 16.7 Å². The molecule has 1 heterocycles. The standard InChI is InChI=1S/C12H14ClFN4O/c1-3-15-7(2)11-17-18-12(19-11)16-10-5-4-8(13)6-9(10)14/h4-7,15H,3H2,1-2H3,(H,16,18). The van der Waals surface area contributed by atoms with Crippen LogP contribution in [0.3, 0.4) is 0 Å². The van der Waals surface area contributed by atoms with Gasteiger partial charge in [0.25, 0.3) is 0 Å². The molecular weight excluding hydrogens is 271 g/mol. The Kier molecular flexibility index (Phi) is 4.34. The van der Waals surface area contributed by atoms with Crippen molar-refractivity contribution in [1.82, 2.24) is 15.5 Å². The van der Waals surface area contributed by atoms with Gasteiger partial charge in [-0.15, -0.1) is 5.10 Å². The minimum absolute atomic E-state index is 0.0527. The van der Waals surface area contributed by atoms with E-state index in [4.69, 9.17) is 16.0 Å². The summed E-state index contributed by atoms with van der Waals surface area (Å²) in [5, 5.41) is 13.9. The SMILES string of the molecule is CCNC(C)c1nnc(Nc2ccc(Cl)cc2F)o1. The normalized spacial score (nSPS) is 12.4. The molecule has 19 heavy (non-hydrogen) atoms. The maximum atomic E-state index is 13.6. The van der Waals surface area contributed by atoms with Crippen molar-refractivity contribution in [3.8, 4) is 0 Å². The zero-order valence-corrected chi connectivity index (χ0v) is 11.3. The average molecular weight is 285 g/mol. The molecule has 1 aromatic carbocycles. The Balaban J connectivity index is 2.11. The highest BCUT2D eigenvalue weighted by Gasteiger charge is 2.13. The van der Waals surface area contributed by atoms with Gasteiger partial charge in [0, 0.05) is 5.02 Å². The topological polar surface area (TPSA) is 63.0 Å². The van der Waals surface area contributed by atoms with Crippen molar-refractivity contribution in [2.75, 3.05) is 11.9 Å². The second-order valence-electron chi connectivity index (χ2n) is 3.97. The van der Waals surface area contributed by atoms with E-state index in [-0.39, 0.29) is 17.7 Å². The number of aromatic nitrogens is 2. The summed E-state index contributed by atoms with van der Waals surface area (Å²) < 4.78 is 19.0. The highest BCUT2D eigenvalue weighted by Crippen LogP contribution is 2.23. The van der Waals surface area contributed by atoms with Crippen LogP contribution in [-0.2, 0) is 0 Å². The Hall–Kier alpha value is -1.66. The van der Waals surface area contributed by atoms with E-state index < -0.39 is 5.82 Å². The molecule has 0 bridgehead atoms. The molecule has 1 unspecified atom stereocenters. The van der Waals surface area contributed by atoms with Crippen molar-refractivity contribution in [3.63, 3.8) is 0 Å². The lowest BCUT2D eigenvalue weighted by Crippen LogP contribution is -2.17. The number of hydrogen-bond acceptors (Lipinski definition) is 5. The largest absolute Gasteiger partial charge is 0.406 e. The smallest absolute Gasteiger partial charge is 0.320 e. The van der Waals surface area contributed by atoms with E-state index in [0.717, 1.165) is 6.54 Å². The van der Waals surface area contributed by atoms with Crippen LogP contribution in [0.25, 0.3) is 0 Å². The predicted octanol–water partition coefficient (Wildman–Crippen LogP) is 3.28. The lowest BCUT2D eigenvalue weighted by Gasteiger charge is -2.06. The quantitative estimate of drug-likeness (QED) is 0.882. The van der Waals surface area contributed by atoms with Crippen molar-refractivity contribution in [2.45, 2.75) is 19.9 Å². The first-order chi connectivity index (χ1) is 9.10. The van der Waals surface area contributed by atoms with E-state index in [9.17, 15) is 4.39 Å². The third kappa shape index (κ3) is 3.42. The first-order valence-electron chi connectivity index (χ1n) is 5.89. The Morgan fingerprint density at radius 3 is 2.89 bits per heavy atom. The molecule has 0 spiro atoms. The minimum Gasteiger partial charge on any atom is -0.406 e. The van der Waals surface area contributed by atoms with Crippen LogP contribution in [0.1, 0.15) is 25.8 Å². The van der Waals surface area contributed by atoms with Crippen LogP contribution in [0, 0.1) is 5.82 Å². The first-order valence-corrected chi connectivity index (χ1v) is 6.26. The maximum absolute atomic E-state index is 13.6. The third-order valence-corrected chi connectivity index (χ3v) is 2.73. The van der Waals surface area contributed by atoms with Crippen LogP contribution in [0.4, 0.5) is 16.1 Å². The van der Waals surface area contributed by atoms with Crippen LogP contribution >= 0.6 is 11.6 Å². The van der Waals surface area contributed by atoms with Gasteiger partial charge in [0.05, 0.1) is 11.7 Å². The van der Waals surface area contributed by atoms with Crippen molar-refractivity contribution < 1.29 is 8.81 Å². The van der Waals surface area contributed by atoms with Gasteiger partial charge in [-0.1, -0.05) is 23.6 Å². The Labute approximate surface area is 115 Å². The van der Waals surface area contributed by atoms with Gasteiger partial charge in [-0.3, -0.25) is 0 Å². The molecule has 102 valence electrons. The fourth-order valence-corrected chi connectivity index (χ4v) is 1.72. The Morgan fingerprint density at radius 1 is 1.42 bits per heavy atom. The molecule has 0 fully saturated rings. The lowest BCUT2D eigenvalue weighted by atomic mass is 10.3. The van der Waals surface area contributed by atoms with E-state index in [1.165, 1.54) is 12.1 Å². The van der Waals surface area contributed by atoms with E-state index >= 15 is 0 Å². The summed E-state index contributed by atoms with van der Waals surface area (Å²) in [5.41, 5.74) is 0.232. The van der Waals surface area contributed by atoms with E-state index in [2.05, 4.69) is 20.8 Å². The predicted molar refractivity (Wildman–Crippen MR) is 71.1 cm³/mol. The number of nitrogens with zero attached hydrogens (tertiary/aromatic N) is 2. The molecule has 2 aromatic rings. The molecule has 1 aromatic heterocycles. The fraction of sp³-hybridized carbons (Fsp3) is 0.333. The summed E-state index contributed by atoms with van der Waals surface area (Å²) in [7, 11) is 0. The summed E-state index contributed by atoms with van der Waals surface area (Å²) in [6.07, 6.45) is 0. The summed E-state index contributed by atoms with van der Waals surface area (Å²) >= 11 is 5.67. The van der Waals surface area contributed by atoms with Crippen LogP contribution < -0.4 is 10.6 Å². The molecule has 2 N–H and O–H groups in total. The first kappa shape index (κ1) is 13.8. The number of nitrogens with one attached hydrogen (secondary N) is 2. The summed E-state index contributed by atoms with van der Waals surface area (Å²) in [4.78, 5) is 0. The van der Waals surface area contributed by atoms with Gasteiger partial charge in [0.15, 0.2) is 0 Å². The van der Waals surface area contributed by atoms with E-state index in [1.807, 2.05) is 13.8 Å². The molecule has 7 heteroatoms. The zero-order chi connectivity index (χ0) is 13.8. The van der Waals surface area contributed by atoms with Crippen LogP contribution in [0.5, 0.6) is 0 Å². The third-order valence-electron chi connectivity index (χ3n) is 2.49. The van der Waals surface area contributed by atoms with Crippen molar-refractivity contribution >= 4 is 23.3 Å². The van der Waals surface area contributed by atoms with Gasteiger partial charge < -0.3 is 15.1 Å². The number of anilines is 2. The minimum atomic E-state index is -0.480. The molecule has 2 rings (SSSR count). The Bertz CT molecular complexity index is 560. The van der Waals surface area contributed by atoms with E-state index in [1.54, 1.807) is 6.07 Å². The second-order valence-corrected chi connectivity index (χ2v) is 4.41. The molecule has 0 aliphatic rings. The van der Waals surface area contributed by atoms with Gasteiger partial charge in [-0.25, -0.2) is 4.39 Å². The number of hydrogen-bond donors (Lipinski definition) is 2. The van der Waals surface area contributed by atoms with Gasteiger partial charge in [0.1, 0.15) is 5.82 Å². The highest BCUT2D eigenvalue weighted by atomic mass is 35.5. The molecule has 0 aliphatic heterocycles. The van der Waals surface area contributed by atoms with Gasteiger partial charge in [-0.2, -0.15) is 0 Å². The molecule has 0 radical (unpaired) electrons. The number of rotatable bonds is 5. The highest BCUT2D eigenvalue weighted by molar-refractivity contribution is 6.30. The maximum Gasteiger partial charge on any atom is 0.320 e. The number of halogens is 2. The molecule has 0 aliphatic carbocycles. The van der Waals surface area contributed by atoms with Gasteiger partial charge >= 0.3 is 6.01 Å². The van der Waals surface area contributed by atoms with Crippen molar-refractivity contribution in [3.05, 3.63) is 34.9 Å². The molecule has 1 atom stereocenters. The summed E-state index contributed by atoms with van der Waals surface area (Å²) in [6, 6.07) is 4.38. The van der Waals surface area contributed by atoms with Crippen molar-refractivity contribution in [2.24, 2.45) is 0 Å². The fourth-order valence-electron chi connectivity index (χ4n) is 1.56. The monoisotopic (exact) mass is 284 g/mol. The van der Waals surface area contributed by atoms with Crippen molar-refractivity contribution in [1.29, 1.82) is 0 Å². The van der Waals surface area contributed by atoms with Gasteiger partial charge in [0.2, 0.25) is 5.89 Å². The van der Waals surface area contributed by atoms with E-state index in [0.29, 0.717) is 10.9 Å². The molecule has 5 nitrogen and oxygen atoms in total. The number of benzene rings is 1. The molecule has 0 saturated heterocycles. The second kappa shape index (κ2) is 5.99.